The van der Waals surface area contributed by atoms with Crippen molar-refractivity contribution in [2.24, 2.45) is 0 Å². The molecular formula is C19H23N3. The third-order valence-electron chi connectivity index (χ3n) is 4.78. The Morgan fingerprint density at radius 3 is 2.50 bits per heavy atom. The topological polar surface area (TPSA) is 22.2 Å². The number of aromatic nitrogens is 2. The van der Waals surface area contributed by atoms with Crippen LogP contribution in [0.15, 0.2) is 30.5 Å². The molecule has 114 valence electrons. The van der Waals surface area contributed by atoms with Crippen LogP contribution in [-0.2, 0) is 17.4 Å². The minimum atomic E-state index is -0.0761. The SMILES string of the molecule is [C-]#[N+]c1ccc(C2(C)CCCc3ncc(C(C)(C)C)n32)cc1. The predicted octanol–water partition coefficient (Wildman–Crippen LogP) is 4.83. The first-order chi connectivity index (χ1) is 10.4. The third kappa shape index (κ3) is 2.23. The average molecular weight is 293 g/mol. The predicted molar refractivity (Wildman–Crippen MR) is 89.3 cm³/mol. The zero-order valence-electron chi connectivity index (χ0n) is 13.8. The number of benzene rings is 1. The normalized spacial score (nSPS) is 21.2. The summed E-state index contributed by atoms with van der Waals surface area (Å²) < 4.78 is 2.45. The summed E-state index contributed by atoms with van der Waals surface area (Å²) in [7, 11) is 0. The molecule has 0 fully saturated rings. The van der Waals surface area contributed by atoms with Crippen molar-refractivity contribution in [1.29, 1.82) is 0 Å². The molecule has 3 rings (SSSR count). The molecule has 0 amide bonds. The maximum absolute atomic E-state index is 7.13. The molecule has 0 spiro atoms. The molecule has 1 aromatic carbocycles. The molecule has 1 atom stereocenters. The van der Waals surface area contributed by atoms with Gasteiger partial charge in [-0.1, -0.05) is 45.0 Å². The van der Waals surface area contributed by atoms with Crippen LogP contribution in [-0.4, -0.2) is 9.55 Å². The molecule has 3 heteroatoms. The molecule has 0 bridgehead atoms. The second-order valence-corrected chi connectivity index (χ2v) is 7.43. The maximum Gasteiger partial charge on any atom is 0.187 e. The summed E-state index contributed by atoms with van der Waals surface area (Å²) in [6.45, 7) is 16.2. The molecule has 1 aromatic heterocycles. The largest absolute Gasteiger partial charge is 0.322 e. The van der Waals surface area contributed by atoms with Gasteiger partial charge >= 0.3 is 0 Å². The number of fused-ring (bicyclic) bond motifs is 1. The number of imidazole rings is 1. The number of rotatable bonds is 1. The minimum absolute atomic E-state index is 0.0697. The zero-order chi connectivity index (χ0) is 16.0. The molecule has 22 heavy (non-hydrogen) atoms. The first-order valence-electron chi connectivity index (χ1n) is 7.92. The zero-order valence-corrected chi connectivity index (χ0v) is 13.8. The summed E-state index contributed by atoms with van der Waals surface area (Å²) in [5.74, 6) is 1.19. The third-order valence-corrected chi connectivity index (χ3v) is 4.78. The van der Waals surface area contributed by atoms with Crippen molar-refractivity contribution < 1.29 is 0 Å². The van der Waals surface area contributed by atoms with E-state index in [0.717, 1.165) is 19.3 Å². The van der Waals surface area contributed by atoms with E-state index in [1.807, 2.05) is 18.3 Å². The van der Waals surface area contributed by atoms with Gasteiger partial charge in [-0.05, 0) is 25.3 Å². The van der Waals surface area contributed by atoms with Crippen LogP contribution in [0.1, 0.15) is 57.6 Å². The lowest BCUT2D eigenvalue weighted by molar-refractivity contribution is 0.288. The maximum atomic E-state index is 7.13. The summed E-state index contributed by atoms with van der Waals surface area (Å²) in [5, 5.41) is 0. The minimum Gasteiger partial charge on any atom is -0.322 e. The lowest BCUT2D eigenvalue weighted by Crippen LogP contribution is -2.39. The second kappa shape index (κ2) is 4.98. The van der Waals surface area contributed by atoms with Crippen molar-refractivity contribution in [3.05, 3.63) is 59.0 Å². The van der Waals surface area contributed by atoms with Crippen molar-refractivity contribution in [2.45, 2.75) is 57.9 Å². The lowest BCUT2D eigenvalue weighted by atomic mass is 9.81. The molecule has 0 aliphatic carbocycles. The van der Waals surface area contributed by atoms with E-state index in [2.05, 4.69) is 49.2 Å². The van der Waals surface area contributed by atoms with E-state index in [4.69, 9.17) is 11.6 Å². The smallest absolute Gasteiger partial charge is 0.187 e. The Bertz CT molecular complexity index is 726. The van der Waals surface area contributed by atoms with Crippen LogP contribution in [0.25, 0.3) is 4.85 Å². The molecule has 0 saturated heterocycles. The average Bonchev–Trinajstić information content (AvgIpc) is 2.93. The van der Waals surface area contributed by atoms with Gasteiger partial charge in [-0.3, -0.25) is 0 Å². The van der Waals surface area contributed by atoms with Crippen molar-refractivity contribution in [3.8, 4) is 0 Å². The van der Waals surface area contributed by atoms with Crippen molar-refractivity contribution in [1.82, 2.24) is 9.55 Å². The Morgan fingerprint density at radius 1 is 1.23 bits per heavy atom. The Morgan fingerprint density at radius 2 is 1.91 bits per heavy atom. The monoisotopic (exact) mass is 293 g/mol. The van der Waals surface area contributed by atoms with E-state index >= 15 is 0 Å². The first-order valence-corrected chi connectivity index (χ1v) is 7.92. The Balaban J connectivity index is 2.17. The molecule has 0 saturated carbocycles. The molecule has 0 radical (unpaired) electrons. The number of hydrogen-bond acceptors (Lipinski definition) is 1. The van der Waals surface area contributed by atoms with Gasteiger partial charge in [0, 0.05) is 23.7 Å². The fourth-order valence-corrected chi connectivity index (χ4v) is 3.52. The summed E-state index contributed by atoms with van der Waals surface area (Å²) in [6.07, 6.45) is 5.36. The molecule has 1 aliphatic heterocycles. The van der Waals surface area contributed by atoms with Crippen molar-refractivity contribution in [2.75, 3.05) is 0 Å². The highest BCUT2D eigenvalue weighted by molar-refractivity contribution is 5.47. The highest BCUT2D eigenvalue weighted by Gasteiger charge is 2.37. The van der Waals surface area contributed by atoms with Crippen molar-refractivity contribution in [3.63, 3.8) is 0 Å². The van der Waals surface area contributed by atoms with Gasteiger partial charge in [0.15, 0.2) is 5.69 Å². The summed E-state index contributed by atoms with van der Waals surface area (Å²) in [5.41, 5.74) is 3.25. The van der Waals surface area contributed by atoms with E-state index in [1.54, 1.807) is 0 Å². The van der Waals surface area contributed by atoms with E-state index in [0.29, 0.717) is 5.69 Å². The van der Waals surface area contributed by atoms with Crippen LogP contribution in [0.4, 0.5) is 5.69 Å². The van der Waals surface area contributed by atoms with Gasteiger partial charge in [0.05, 0.1) is 12.1 Å². The molecule has 0 N–H and O–H groups in total. The van der Waals surface area contributed by atoms with Crippen LogP contribution in [0.2, 0.25) is 0 Å². The molecular weight excluding hydrogens is 270 g/mol. The fourth-order valence-electron chi connectivity index (χ4n) is 3.52. The Labute approximate surface area is 132 Å². The summed E-state index contributed by atoms with van der Waals surface area (Å²) >= 11 is 0. The van der Waals surface area contributed by atoms with E-state index in [1.165, 1.54) is 17.1 Å². The van der Waals surface area contributed by atoms with E-state index in [9.17, 15) is 0 Å². The Kier molecular flexibility index (Phi) is 3.36. The van der Waals surface area contributed by atoms with Gasteiger partial charge < -0.3 is 4.57 Å². The van der Waals surface area contributed by atoms with Gasteiger partial charge in [-0.25, -0.2) is 9.83 Å². The first kappa shape index (κ1) is 14.8. The lowest BCUT2D eigenvalue weighted by Gasteiger charge is -2.40. The molecule has 2 aromatic rings. The molecule has 2 heterocycles. The molecule has 3 nitrogen and oxygen atoms in total. The highest BCUT2D eigenvalue weighted by atomic mass is 15.2. The van der Waals surface area contributed by atoms with E-state index < -0.39 is 0 Å². The summed E-state index contributed by atoms with van der Waals surface area (Å²) in [4.78, 5) is 8.19. The Hall–Kier alpha value is -2.08. The standard InChI is InChI=1S/C19H23N3/c1-18(2,3)16-13-21-17-7-6-12-19(4,22(16)17)14-8-10-15(20-5)11-9-14/h8-11,13H,6-7,12H2,1-4H3. The van der Waals surface area contributed by atoms with Gasteiger partial charge in [0.2, 0.25) is 0 Å². The van der Waals surface area contributed by atoms with Crippen LogP contribution >= 0.6 is 0 Å². The van der Waals surface area contributed by atoms with E-state index in [-0.39, 0.29) is 11.0 Å². The highest BCUT2D eigenvalue weighted by Crippen LogP contribution is 2.40. The number of aryl methyl sites for hydroxylation is 1. The fraction of sp³-hybridized carbons (Fsp3) is 0.474. The molecule has 1 aliphatic rings. The van der Waals surface area contributed by atoms with Crippen LogP contribution in [0, 0.1) is 6.57 Å². The van der Waals surface area contributed by atoms with Crippen LogP contribution in [0.3, 0.4) is 0 Å². The van der Waals surface area contributed by atoms with Gasteiger partial charge in [0.1, 0.15) is 5.82 Å². The van der Waals surface area contributed by atoms with Crippen LogP contribution < -0.4 is 0 Å². The van der Waals surface area contributed by atoms with Gasteiger partial charge in [0.25, 0.3) is 0 Å². The second-order valence-electron chi connectivity index (χ2n) is 7.43. The van der Waals surface area contributed by atoms with Gasteiger partial charge in [-0.2, -0.15) is 0 Å². The summed E-state index contributed by atoms with van der Waals surface area (Å²) in [6, 6.07) is 8.06. The van der Waals surface area contributed by atoms with Gasteiger partial charge in [-0.15, -0.1) is 0 Å². The van der Waals surface area contributed by atoms with Crippen LogP contribution in [0.5, 0.6) is 0 Å². The quantitative estimate of drug-likeness (QED) is 0.690. The number of nitrogens with zero attached hydrogens (tertiary/aromatic N) is 3. The number of hydrogen-bond donors (Lipinski definition) is 0. The van der Waals surface area contributed by atoms with Crippen molar-refractivity contribution >= 4 is 5.69 Å². The molecule has 1 unspecified atom stereocenters.